The van der Waals surface area contributed by atoms with E-state index in [1.807, 2.05) is 6.07 Å². The van der Waals surface area contributed by atoms with Crippen LogP contribution in [0.1, 0.15) is 185 Å². The maximum absolute atomic E-state index is 13.7. The highest BCUT2D eigenvalue weighted by atomic mass is 19.4. The fourth-order valence-electron chi connectivity index (χ4n) is 13.6. The van der Waals surface area contributed by atoms with Crippen LogP contribution in [0.5, 0.6) is 0 Å². The molecule has 0 radical (unpaired) electrons. The van der Waals surface area contributed by atoms with E-state index in [1.54, 1.807) is 30.4 Å². The molecule has 5 saturated carbocycles. The Balaban J connectivity index is 0.00000205. The van der Waals surface area contributed by atoms with Gasteiger partial charge in [-0.1, -0.05) is 6.07 Å². The Morgan fingerprint density at radius 3 is 1.32 bits per heavy atom. The normalized spacial score (nSPS) is 25.7. The number of carbonyl (C=O) groups is 10. The number of esters is 1. The van der Waals surface area contributed by atoms with Crippen LogP contribution in [0.2, 0.25) is 0 Å². The molecule has 1 saturated heterocycles. The van der Waals surface area contributed by atoms with Gasteiger partial charge in [-0.25, -0.2) is 4.79 Å². The molecule has 27 nitrogen and oxygen atoms in total. The summed E-state index contributed by atoms with van der Waals surface area (Å²) in [5, 5.41) is 31.2. The van der Waals surface area contributed by atoms with Crippen molar-refractivity contribution in [2.24, 2.45) is 17.8 Å². The number of halogens is 3. The first-order chi connectivity index (χ1) is 47.0. The third-order valence-corrected chi connectivity index (χ3v) is 19.1. The maximum atomic E-state index is 13.7. The summed E-state index contributed by atoms with van der Waals surface area (Å²) in [7, 11) is 3.12. The van der Waals surface area contributed by atoms with Crippen LogP contribution in [-0.4, -0.2) is 226 Å². The topological polar surface area (TPSA) is 355 Å². The number of likely N-dealkylation sites (tertiary alicyclic amines) is 1. The van der Waals surface area contributed by atoms with E-state index in [0.717, 1.165) is 108 Å². The van der Waals surface area contributed by atoms with E-state index in [0.29, 0.717) is 90.8 Å². The van der Waals surface area contributed by atoms with Crippen molar-refractivity contribution in [2.75, 3.05) is 86.5 Å². The van der Waals surface area contributed by atoms with Gasteiger partial charge < -0.3 is 79.8 Å². The van der Waals surface area contributed by atoms with Gasteiger partial charge in [0, 0.05) is 96.7 Å². The van der Waals surface area contributed by atoms with Crippen molar-refractivity contribution in [1.82, 2.24) is 41.4 Å². The lowest BCUT2D eigenvalue weighted by Crippen LogP contribution is -2.46. The number of carbonyl (C=O) groups excluding carboxylic acids is 8. The van der Waals surface area contributed by atoms with Gasteiger partial charge in [-0.05, 0) is 159 Å². The molecule has 552 valence electrons. The summed E-state index contributed by atoms with van der Waals surface area (Å²) in [5.74, 6) is -6.07. The van der Waals surface area contributed by atoms with Crippen molar-refractivity contribution in [1.29, 1.82) is 0 Å². The zero-order chi connectivity index (χ0) is 70.8. The van der Waals surface area contributed by atoms with Gasteiger partial charge in [0.15, 0.2) is 0 Å². The number of carboxylic acids is 2. The Morgan fingerprint density at radius 2 is 0.939 bits per heavy atom. The summed E-state index contributed by atoms with van der Waals surface area (Å²) in [6, 6.07) is 3.42. The fraction of sp³-hybridized carbons (Fsp3) is 0.779. The molecule has 6 aliphatic rings. The van der Waals surface area contributed by atoms with Crippen molar-refractivity contribution < 1.29 is 104 Å². The van der Waals surface area contributed by atoms with Gasteiger partial charge in [0.25, 0.3) is 0 Å². The molecule has 0 spiro atoms. The summed E-state index contributed by atoms with van der Waals surface area (Å²) in [4.78, 5) is 130. The van der Waals surface area contributed by atoms with E-state index < -0.39 is 35.8 Å². The lowest BCUT2D eigenvalue weighted by atomic mass is 9.86. The van der Waals surface area contributed by atoms with Crippen LogP contribution in [0.25, 0.3) is 0 Å². The van der Waals surface area contributed by atoms with Crippen LogP contribution in [0.15, 0.2) is 24.5 Å². The number of aromatic nitrogens is 1. The zero-order valence-electron chi connectivity index (χ0n) is 56.9. The SMILES string of the molecule is COC(=O)C1CCC(NC(=O)CCCOC2CCC(OCCNC(=O)CN(CC(=O)NCCOC3CCC(OCCCC(=O)NC4CCC(C(=O)O)CC4)CC3)C(=O)CCCOC3CCC(OCCNC(=O)[C@H]4CC(=O)N(C)[C@@H]4c4cccnc4)CC3)CC2)CC1.O=C(O)C(F)(F)F. The van der Waals surface area contributed by atoms with Crippen LogP contribution in [0, 0.1) is 17.8 Å². The Kier molecular flexibility index (Phi) is 35.4. The Bertz CT molecular complexity index is 2650. The van der Waals surface area contributed by atoms with Crippen molar-refractivity contribution in [3.05, 3.63) is 30.1 Å². The van der Waals surface area contributed by atoms with Gasteiger partial charge in [-0.2, -0.15) is 13.2 Å². The van der Waals surface area contributed by atoms with Crippen molar-refractivity contribution in [2.45, 2.75) is 234 Å². The lowest BCUT2D eigenvalue weighted by Gasteiger charge is -2.29. The third-order valence-electron chi connectivity index (χ3n) is 19.1. The first-order valence-electron chi connectivity index (χ1n) is 35.2. The number of nitrogens with zero attached hydrogens (tertiary/aromatic N) is 3. The van der Waals surface area contributed by atoms with Gasteiger partial charge in [0.05, 0.1) is 87.3 Å². The second-order valence-corrected chi connectivity index (χ2v) is 26.4. The van der Waals surface area contributed by atoms with E-state index in [1.165, 1.54) is 12.0 Å². The second-order valence-electron chi connectivity index (χ2n) is 26.4. The van der Waals surface area contributed by atoms with Crippen LogP contribution >= 0.6 is 0 Å². The van der Waals surface area contributed by atoms with Gasteiger partial charge in [0.2, 0.25) is 41.4 Å². The number of ether oxygens (including phenoxy) is 7. The van der Waals surface area contributed by atoms with Crippen LogP contribution < -0.4 is 26.6 Å². The molecule has 7 rings (SSSR count). The number of aliphatic carboxylic acids is 2. The average molecular weight is 1400 g/mol. The third kappa shape index (κ3) is 29.7. The summed E-state index contributed by atoms with van der Waals surface area (Å²) in [6.07, 6.45) is 16.2. The predicted octanol–water partition coefficient (Wildman–Crippen LogP) is 5.39. The quantitative estimate of drug-likeness (QED) is 0.0324. The van der Waals surface area contributed by atoms with Crippen LogP contribution in [0.3, 0.4) is 0 Å². The molecule has 0 unspecified atom stereocenters. The maximum Gasteiger partial charge on any atom is 0.490 e. The molecule has 2 atom stereocenters. The fourth-order valence-corrected chi connectivity index (χ4v) is 13.6. The van der Waals surface area contributed by atoms with Gasteiger partial charge >= 0.3 is 24.1 Å². The summed E-state index contributed by atoms with van der Waals surface area (Å²) in [6.45, 7) is 2.39. The average Bonchev–Trinajstić information content (AvgIpc) is 1.65. The van der Waals surface area contributed by atoms with E-state index in [-0.39, 0.29) is 154 Å². The Labute approximate surface area is 571 Å². The summed E-state index contributed by atoms with van der Waals surface area (Å²) in [5.41, 5.74) is 0.822. The van der Waals surface area contributed by atoms with Gasteiger partial charge in [-0.3, -0.25) is 48.1 Å². The Hall–Kier alpha value is -6.60. The number of nitrogens with one attached hydrogen (secondary N) is 5. The molecule has 7 N–H and O–H groups in total. The van der Waals surface area contributed by atoms with E-state index >= 15 is 0 Å². The molecule has 1 aliphatic heterocycles. The molecule has 6 fully saturated rings. The minimum Gasteiger partial charge on any atom is -0.481 e. The monoisotopic (exact) mass is 1390 g/mol. The molecule has 0 aromatic carbocycles. The van der Waals surface area contributed by atoms with Crippen molar-refractivity contribution in [3.8, 4) is 0 Å². The largest absolute Gasteiger partial charge is 0.490 e. The Morgan fingerprint density at radius 1 is 0.551 bits per heavy atom. The lowest BCUT2D eigenvalue weighted by molar-refractivity contribution is -0.192. The smallest absolute Gasteiger partial charge is 0.481 e. The van der Waals surface area contributed by atoms with E-state index in [9.17, 15) is 61.4 Å². The second kappa shape index (κ2) is 43.1. The molecule has 7 amide bonds. The number of hydrogen-bond donors (Lipinski definition) is 7. The molecule has 30 heteroatoms. The predicted molar refractivity (Wildman–Crippen MR) is 346 cm³/mol. The molecule has 98 heavy (non-hydrogen) atoms. The minimum atomic E-state index is -5.08. The van der Waals surface area contributed by atoms with Crippen molar-refractivity contribution >= 4 is 59.3 Å². The highest BCUT2D eigenvalue weighted by Gasteiger charge is 2.43. The molecular formula is C68H105F3N8O19. The first kappa shape index (κ1) is 80.4. The number of pyridine rings is 1. The van der Waals surface area contributed by atoms with Gasteiger partial charge in [0.1, 0.15) is 13.1 Å². The zero-order valence-corrected chi connectivity index (χ0v) is 56.9. The molecular weight excluding hydrogens is 1290 g/mol. The van der Waals surface area contributed by atoms with E-state index in [4.69, 9.17) is 43.1 Å². The van der Waals surface area contributed by atoms with Crippen LogP contribution in [-0.2, 0) is 81.1 Å². The minimum absolute atomic E-state index is 0.00212. The molecule has 0 bridgehead atoms. The number of amides is 7. The first-order valence-corrected chi connectivity index (χ1v) is 35.2. The number of hydrogen-bond acceptors (Lipinski definition) is 18. The highest BCUT2D eigenvalue weighted by Crippen LogP contribution is 2.37. The van der Waals surface area contributed by atoms with Crippen molar-refractivity contribution in [3.63, 3.8) is 0 Å². The standard InChI is InChI=1S/C66H104N8O17.C2HF3O2/c1-73-62(80)41-56(63(73)47-7-3-31-67-42-47)64(81)70-34-40-91-55-29-23-52(24-30-55)88-37-6-10-61(79)74(43-59(77)68-32-38-89-53-25-19-50(20-26-53)86-35-4-8-57(75)71-48-15-11-45(12-16-48)65(82)83)44-60(78)69-33-39-90-54-27-21-51(22-28-54)87-36-5-9-58(76)72-49-17-13-46(14-18-49)66(84)85-2;3-2(4,5)1(6)7/h3,7,31,42,45-46,48-56,63H,4-6,8-30,32-41,43-44H2,1-2H3,(H,68,77)(H,69,78)(H,70,81)(H,71,75)(H,72,76)(H,82,83);(H,6,7)/t45?,46?,48?,49?,50?,51?,52?,53?,54?,55?,56-,63+;/m0./s1. The molecule has 1 aromatic heterocycles. The number of carboxylic acid groups (broad SMARTS) is 2. The number of alkyl halides is 3. The summed E-state index contributed by atoms with van der Waals surface area (Å²) < 4.78 is 73.3. The number of rotatable bonds is 37. The van der Waals surface area contributed by atoms with Crippen LogP contribution in [0.4, 0.5) is 13.2 Å². The molecule has 5 aliphatic carbocycles. The van der Waals surface area contributed by atoms with Gasteiger partial charge in [-0.15, -0.1) is 0 Å². The number of methoxy groups -OCH3 is 1. The molecule has 1 aromatic rings. The molecule has 2 heterocycles. The highest BCUT2D eigenvalue weighted by molar-refractivity contribution is 5.91. The van der Waals surface area contributed by atoms with E-state index in [2.05, 4.69) is 31.6 Å². The summed E-state index contributed by atoms with van der Waals surface area (Å²) >= 11 is 0.